The Hall–Kier alpha value is -7.95. The van der Waals surface area contributed by atoms with Gasteiger partial charge in [0.2, 0.25) is 11.8 Å². The number of para-hydroxylation sites is 1. The lowest BCUT2D eigenvalue weighted by Crippen LogP contribution is -2.54. The number of hydrogen-bond donors (Lipinski definition) is 2. The van der Waals surface area contributed by atoms with Crippen LogP contribution < -0.4 is 15.0 Å². The molecule has 18 heteroatoms. The van der Waals surface area contributed by atoms with E-state index in [9.17, 15) is 19.5 Å². The molecule has 0 saturated carbocycles. The van der Waals surface area contributed by atoms with Crippen LogP contribution in [0.2, 0.25) is 0 Å². The molecule has 0 radical (unpaired) electrons. The zero-order valence-corrected chi connectivity index (χ0v) is 40.0. The van der Waals surface area contributed by atoms with Crippen molar-refractivity contribution >= 4 is 68.2 Å². The van der Waals surface area contributed by atoms with Crippen molar-refractivity contribution in [2.45, 2.75) is 36.1 Å². The standard InChI is InChI=1S/C54H48N4O13S/c1-66-29-30-70-53(65)57-40-26-21-32(13-12-18-37(48(61)67-2)49(62)68-3)31-38(40)54(51(57)64)42(47(60)56-52-55-39-19-10-11-20-41(39)72-52)44-50(63)71-45(34-16-8-5-9-17-34)43(33-14-6-4-7-15-33)58(44)46(54)35-22-24-36(25-23-35)69-28-27-59/h4-11,14-17,19-26,31,37,42-46,59H,18,27-30H2,1-3H3,(H,55,56,60)/t42-,43-,44-,45+,46+,54-/m0/s1. The fourth-order valence-electron chi connectivity index (χ4n) is 10.1. The molecule has 1 spiro atoms. The Morgan fingerprint density at radius 1 is 0.806 bits per heavy atom. The molecular formula is C54H48N4O13S. The van der Waals surface area contributed by atoms with E-state index in [1.807, 2.05) is 83.8 Å². The van der Waals surface area contributed by atoms with Crippen molar-refractivity contribution in [3.63, 3.8) is 0 Å². The number of carbonyl (C=O) groups is 6. The number of aliphatic hydroxyl groups is 1. The Kier molecular flexibility index (Phi) is 14.4. The second kappa shape index (κ2) is 21.2. The second-order valence-corrected chi connectivity index (χ2v) is 18.0. The maximum atomic E-state index is 16.5. The van der Waals surface area contributed by atoms with Gasteiger partial charge in [-0.05, 0) is 64.7 Å². The maximum absolute atomic E-state index is 16.5. The van der Waals surface area contributed by atoms with E-state index in [1.54, 1.807) is 42.5 Å². The van der Waals surface area contributed by atoms with Crippen LogP contribution in [0.5, 0.6) is 5.75 Å². The largest absolute Gasteiger partial charge is 0.491 e. The third kappa shape index (κ3) is 8.92. The first-order valence-corrected chi connectivity index (χ1v) is 23.7. The molecule has 2 N–H and O–H groups in total. The molecule has 1 aromatic heterocycles. The molecule has 3 amide bonds. The van der Waals surface area contributed by atoms with Crippen molar-refractivity contribution < 1.29 is 62.3 Å². The SMILES string of the molecule is COCCOC(=O)N1C(=O)[C@@]2(c3cc(C#CCC(C(=O)OC)C(=O)OC)ccc31)[C@H](C(=O)Nc1nc3ccccc3s1)[C@H]1C(=O)O[C@H](c3ccccc3)[C@H](c3ccccc3)N1[C@@H]2c1ccc(OCCO)cc1. The van der Waals surface area contributed by atoms with Crippen LogP contribution in [0.3, 0.4) is 0 Å². The highest BCUT2D eigenvalue weighted by Crippen LogP contribution is 2.66. The number of fused-ring (bicyclic) bond motifs is 4. The Bertz CT molecular complexity index is 3040. The lowest BCUT2D eigenvalue weighted by atomic mass is 9.65. The molecule has 6 atom stereocenters. The monoisotopic (exact) mass is 992 g/mol. The normalized spacial score (nSPS) is 21.1. The number of hydrogen-bond acceptors (Lipinski definition) is 16. The van der Waals surface area contributed by atoms with E-state index in [-0.39, 0.29) is 54.8 Å². The summed E-state index contributed by atoms with van der Waals surface area (Å²) >= 11 is 1.20. The van der Waals surface area contributed by atoms with E-state index in [4.69, 9.17) is 33.4 Å². The Morgan fingerprint density at radius 2 is 1.49 bits per heavy atom. The smallest absolute Gasteiger partial charge is 0.421 e. The molecule has 72 heavy (non-hydrogen) atoms. The van der Waals surface area contributed by atoms with Gasteiger partial charge in [0.15, 0.2) is 11.0 Å². The van der Waals surface area contributed by atoms with E-state index in [0.717, 1.165) is 23.8 Å². The summed E-state index contributed by atoms with van der Waals surface area (Å²) in [5, 5.41) is 12.8. The molecule has 2 fully saturated rings. The lowest BCUT2D eigenvalue weighted by Gasteiger charge is -2.46. The molecule has 3 aliphatic heterocycles. The van der Waals surface area contributed by atoms with Crippen LogP contribution in [-0.2, 0) is 53.1 Å². The molecule has 3 aliphatic rings. The summed E-state index contributed by atoms with van der Waals surface area (Å²) in [5.74, 6) is -0.966. The second-order valence-electron chi connectivity index (χ2n) is 17.0. The number of carbonyl (C=O) groups excluding carboxylic acids is 6. The van der Waals surface area contributed by atoms with Gasteiger partial charge in [-0.3, -0.25) is 28.9 Å². The number of ether oxygens (including phenoxy) is 6. The highest BCUT2D eigenvalue weighted by molar-refractivity contribution is 7.22. The number of benzene rings is 5. The van der Waals surface area contributed by atoms with Gasteiger partial charge in [-0.2, -0.15) is 0 Å². The van der Waals surface area contributed by atoms with Gasteiger partial charge in [0.05, 0.1) is 61.3 Å². The number of nitrogens with zero attached hydrogens (tertiary/aromatic N) is 3. The number of amides is 3. The molecule has 0 bridgehead atoms. The third-order valence-corrected chi connectivity index (χ3v) is 14.0. The molecule has 5 aromatic carbocycles. The van der Waals surface area contributed by atoms with E-state index < -0.39 is 77.3 Å². The molecule has 0 aliphatic carbocycles. The number of imide groups is 1. The minimum Gasteiger partial charge on any atom is -0.491 e. The predicted molar refractivity (Wildman–Crippen MR) is 261 cm³/mol. The summed E-state index contributed by atoms with van der Waals surface area (Å²) in [7, 11) is 3.71. The number of aromatic nitrogens is 1. The zero-order chi connectivity index (χ0) is 50.5. The quantitative estimate of drug-likeness (QED) is 0.0395. The van der Waals surface area contributed by atoms with Gasteiger partial charge in [0.25, 0.3) is 0 Å². The first-order chi connectivity index (χ1) is 35.0. The minimum absolute atomic E-state index is 0.000284. The zero-order valence-electron chi connectivity index (χ0n) is 39.2. The Balaban J connectivity index is 1.33. The molecular weight excluding hydrogens is 945 g/mol. The molecule has 6 aromatic rings. The third-order valence-electron chi connectivity index (χ3n) is 13.0. The van der Waals surface area contributed by atoms with Crippen molar-refractivity contribution in [1.82, 2.24) is 9.88 Å². The van der Waals surface area contributed by atoms with Crippen LogP contribution in [0.1, 0.15) is 52.4 Å². The molecule has 4 heterocycles. The fourth-order valence-corrected chi connectivity index (χ4v) is 10.9. The molecule has 0 unspecified atom stereocenters. The number of cyclic esters (lactones) is 1. The Labute approximate surface area is 417 Å². The number of nitrogens with one attached hydrogen (secondary N) is 1. The van der Waals surface area contributed by atoms with Gasteiger partial charge >= 0.3 is 24.0 Å². The van der Waals surface area contributed by atoms with Gasteiger partial charge < -0.3 is 38.8 Å². The average molecular weight is 993 g/mol. The van der Waals surface area contributed by atoms with E-state index in [1.165, 1.54) is 24.5 Å². The lowest BCUT2D eigenvalue weighted by molar-refractivity contribution is -0.178. The number of morpholine rings is 1. The van der Waals surface area contributed by atoms with Crippen LogP contribution in [0.4, 0.5) is 15.6 Å². The van der Waals surface area contributed by atoms with E-state index >= 15 is 14.4 Å². The maximum Gasteiger partial charge on any atom is 0.421 e. The van der Waals surface area contributed by atoms with Crippen LogP contribution in [0.15, 0.2) is 127 Å². The van der Waals surface area contributed by atoms with Gasteiger partial charge in [-0.15, -0.1) is 0 Å². The van der Waals surface area contributed by atoms with Gasteiger partial charge in [0.1, 0.15) is 36.5 Å². The topological polar surface area (TPSA) is 209 Å². The summed E-state index contributed by atoms with van der Waals surface area (Å²) in [4.78, 5) is 95.1. The van der Waals surface area contributed by atoms with Crippen LogP contribution in [-0.4, -0.2) is 105 Å². The summed E-state index contributed by atoms with van der Waals surface area (Å²) in [5.41, 5.74) is 0.623. The highest BCUT2D eigenvalue weighted by atomic mass is 32.1. The highest BCUT2D eigenvalue weighted by Gasteiger charge is 2.76. The van der Waals surface area contributed by atoms with Gasteiger partial charge in [0, 0.05) is 19.1 Å². The number of methoxy groups -OCH3 is 3. The summed E-state index contributed by atoms with van der Waals surface area (Å²) in [6, 6.07) is 33.5. The van der Waals surface area contributed by atoms with E-state index in [0.29, 0.717) is 28.0 Å². The van der Waals surface area contributed by atoms with Gasteiger partial charge in [-0.25, -0.2) is 14.7 Å². The van der Waals surface area contributed by atoms with Crippen molar-refractivity contribution in [2.24, 2.45) is 11.8 Å². The number of anilines is 2. The van der Waals surface area contributed by atoms with Gasteiger partial charge in [-0.1, -0.05) is 108 Å². The molecule has 17 nitrogen and oxygen atoms in total. The van der Waals surface area contributed by atoms with Crippen LogP contribution in [0.25, 0.3) is 10.2 Å². The molecule has 368 valence electrons. The fraction of sp³-hybridized carbons (Fsp3) is 0.278. The predicted octanol–water partition coefficient (Wildman–Crippen LogP) is 6.46. The summed E-state index contributed by atoms with van der Waals surface area (Å²) < 4.78 is 33.7. The summed E-state index contributed by atoms with van der Waals surface area (Å²) in [6.07, 6.45) is -2.37. The van der Waals surface area contributed by atoms with Crippen LogP contribution >= 0.6 is 11.3 Å². The molecule has 9 rings (SSSR count). The Morgan fingerprint density at radius 3 is 2.15 bits per heavy atom. The van der Waals surface area contributed by atoms with Crippen molar-refractivity contribution in [3.8, 4) is 17.6 Å². The number of esters is 3. The van der Waals surface area contributed by atoms with Crippen LogP contribution in [0, 0.1) is 23.7 Å². The van der Waals surface area contributed by atoms with E-state index in [2.05, 4.69) is 17.2 Å². The van der Waals surface area contributed by atoms with Crippen molar-refractivity contribution in [3.05, 3.63) is 155 Å². The molecule has 2 saturated heterocycles. The number of aliphatic hydroxyl groups excluding tert-OH is 1. The number of thiazole rings is 1. The van der Waals surface area contributed by atoms with Crippen molar-refractivity contribution in [1.29, 1.82) is 0 Å². The summed E-state index contributed by atoms with van der Waals surface area (Å²) in [6.45, 7) is -0.497. The first-order valence-electron chi connectivity index (χ1n) is 22.9. The first kappa shape index (κ1) is 49.0. The average Bonchev–Trinajstić information content (AvgIpc) is 4.05. The number of rotatable bonds is 14. The minimum atomic E-state index is -2.19. The van der Waals surface area contributed by atoms with Crippen molar-refractivity contribution in [2.75, 3.05) is 58.0 Å².